The van der Waals surface area contributed by atoms with Gasteiger partial charge in [0.15, 0.2) is 0 Å². The number of amides is 1. The molecule has 1 N–H and O–H groups in total. The maximum absolute atomic E-state index is 11.3. The number of fused-ring (bicyclic) bond motifs is 1. The van der Waals surface area contributed by atoms with Gasteiger partial charge >= 0.3 is 0 Å². The quantitative estimate of drug-likeness (QED) is 0.774. The molecule has 0 heterocycles. The summed E-state index contributed by atoms with van der Waals surface area (Å²) in [5.74, 6) is 2.19. The Hall–Kier alpha value is -1.27. The molecule has 15 heavy (non-hydrogen) atoms. The number of benzene rings is 1. The van der Waals surface area contributed by atoms with E-state index in [1.165, 1.54) is 11.1 Å². The van der Waals surface area contributed by atoms with Crippen LogP contribution in [-0.4, -0.2) is 5.91 Å². The van der Waals surface area contributed by atoms with E-state index in [0.717, 1.165) is 12.8 Å². The number of hydrogen-bond acceptors (Lipinski definition) is 1. The zero-order chi connectivity index (χ0) is 10.7. The van der Waals surface area contributed by atoms with Crippen LogP contribution in [0.5, 0.6) is 0 Å². The molecule has 2 rings (SSSR count). The van der Waals surface area contributed by atoms with Gasteiger partial charge < -0.3 is 5.32 Å². The third-order valence-corrected chi connectivity index (χ3v) is 2.80. The smallest absolute Gasteiger partial charge is 0.297 e. The molecule has 0 saturated heterocycles. The zero-order valence-corrected chi connectivity index (χ0v) is 9.67. The minimum Gasteiger partial charge on any atom is -0.338 e. The normalized spacial score (nSPS) is 17.5. The van der Waals surface area contributed by atoms with Gasteiger partial charge in [-0.1, -0.05) is 24.3 Å². The summed E-state index contributed by atoms with van der Waals surface area (Å²) in [6.45, 7) is 0. The maximum atomic E-state index is 11.3. The molecule has 76 valence electrons. The largest absolute Gasteiger partial charge is 0.338 e. The fourth-order valence-corrected chi connectivity index (χ4v) is 2.12. The SMILES string of the molecule is O=C(C#CBr)NC1CCc2ccccc21. The van der Waals surface area contributed by atoms with Crippen molar-refractivity contribution < 1.29 is 4.79 Å². The van der Waals surface area contributed by atoms with Crippen LogP contribution in [0.1, 0.15) is 23.6 Å². The van der Waals surface area contributed by atoms with Crippen molar-refractivity contribution in [1.82, 2.24) is 5.32 Å². The minimum absolute atomic E-state index is 0.127. The highest BCUT2D eigenvalue weighted by atomic mass is 79.9. The summed E-state index contributed by atoms with van der Waals surface area (Å²) in [6, 6.07) is 8.33. The number of aryl methyl sites for hydroxylation is 1. The first kappa shape index (κ1) is 10.3. The first-order valence-electron chi connectivity index (χ1n) is 4.81. The number of rotatable bonds is 1. The predicted octanol–water partition coefficient (Wildman–Crippen LogP) is 2.15. The summed E-state index contributed by atoms with van der Waals surface area (Å²) in [6.07, 6.45) is 2.00. The monoisotopic (exact) mass is 263 g/mol. The van der Waals surface area contributed by atoms with Gasteiger partial charge in [-0.3, -0.25) is 4.79 Å². The van der Waals surface area contributed by atoms with E-state index < -0.39 is 0 Å². The maximum Gasteiger partial charge on any atom is 0.297 e. The van der Waals surface area contributed by atoms with Crippen molar-refractivity contribution in [2.24, 2.45) is 0 Å². The van der Waals surface area contributed by atoms with E-state index in [9.17, 15) is 4.79 Å². The van der Waals surface area contributed by atoms with Gasteiger partial charge in [-0.2, -0.15) is 0 Å². The van der Waals surface area contributed by atoms with Crippen LogP contribution in [0.2, 0.25) is 0 Å². The number of carbonyl (C=O) groups is 1. The van der Waals surface area contributed by atoms with Crippen LogP contribution >= 0.6 is 15.9 Å². The molecule has 1 aromatic rings. The van der Waals surface area contributed by atoms with E-state index >= 15 is 0 Å². The van der Waals surface area contributed by atoms with Gasteiger partial charge in [-0.15, -0.1) is 0 Å². The number of hydrogen-bond donors (Lipinski definition) is 1. The third kappa shape index (κ3) is 2.21. The lowest BCUT2D eigenvalue weighted by molar-refractivity contribution is -0.116. The van der Waals surface area contributed by atoms with Gasteiger partial charge in [0.2, 0.25) is 0 Å². The molecule has 1 aliphatic carbocycles. The summed E-state index contributed by atoms with van der Waals surface area (Å²) in [7, 11) is 0. The second-order valence-corrected chi connectivity index (χ2v) is 3.88. The van der Waals surface area contributed by atoms with E-state index in [0.29, 0.717) is 0 Å². The van der Waals surface area contributed by atoms with Crippen LogP contribution in [0.15, 0.2) is 24.3 Å². The molecule has 3 heteroatoms. The molecule has 0 aliphatic heterocycles. The van der Waals surface area contributed by atoms with Gasteiger partial charge in [0.1, 0.15) is 0 Å². The van der Waals surface area contributed by atoms with Crippen LogP contribution in [0, 0.1) is 10.8 Å². The molecule has 0 radical (unpaired) electrons. The van der Waals surface area contributed by atoms with Gasteiger partial charge in [-0.25, -0.2) is 0 Å². The lowest BCUT2D eigenvalue weighted by Crippen LogP contribution is -2.25. The van der Waals surface area contributed by atoms with Crippen molar-refractivity contribution in [3.05, 3.63) is 35.4 Å². The van der Waals surface area contributed by atoms with E-state index in [1.54, 1.807) is 0 Å². The average molecular weight is 264 g/mol. The Bertz CT molecular complexity index is 444. The van der Waals surface area contributed by atoms with Crippen molar-refractivity contribution in [3.8, 4) is 10.8 Å². The van der Waals surface area contributed by atoms with Crippen molar-refractivity contribution in [2.45, 2.75) is 18.9 Å². The summed E-state index contributed by atoms with van der Waals surface area (Å²) in [5, 5.41) is 2.89. The Morgan fingerprint density at radius 3 is 3.07 bits per heavy atom. The Labute approximate surface area is 97.2 Å². The minimum atomic E-state index is -0.228. The molecule has 2 nitrogen and oxygen atoms in total. The highest BCUT2D eigenvalue weighted by Crippen LogP contribution is 2.30. The molecule has 0 aromatic heterocycles. The molecule has 1 unspecified atom stereocenters. The van der Waals surface area contributed by atoms with Gasteiger partial charge in [0.25, 0.3) is 5.91 Å². The highest BCUT2D eigenvalue weighted by Gasteiger charge is 2.22. The van der Waals surface area contributed by atoms with E-state index in [-0.39, 0.29) is 11.9 Å². The van der Waals surface area contributed by atoms with Crippen LogP contribution in [0.3, 0.4) is 0 Å². The molecule has 0 fully saturated rings. The molecule has 1 amide bonds. The Kier molecular flexibility index (Phi) is 3.08. The predicted molar refractivity (Wildman–Crippen MR) is 62.3 cm³/mol. The van der Waals surface area contributed by atoms with Gasteiger partial charge in [0, 0.05) is 21.9 Å². The molecule has 1 aliphatic rings. The number of halogens is 1. The number of nitrogens with one attached hydrogen (secondary N) is 1. The molecular weight excluding hydrogens is 254 g/mol. The Morgan fingerprint density at radius 1 is 1.47 bits per heavy atom. The summed E-state index contributed by atoms with van der Waals surface area (Å²) in [4.78, 5) is 13.7. The second kappa shape index (κ2) is 4.50. The molecule has 0 saturated carbocycles. The van der Waals surface area contributed by atoms with Crippen molar-refractivity contribution in [3.63, 3.8) is 0 Å². The molecule has 0 bridgehead atoms. The summed E-state index contributed by atoms with van der Waals surface area (Å²) < 4.78 is 0. The Morgan fingerprint density at radius 2 is 2.27 bits per heavy atom. The zero-order valence-electron chi connectivity index (χ0n) is 8.09. The second-order valence-electron chi connectivity index (χ2n) is 3.48. The summed E-state index contributed by atoms with van der Waals surface area (Å²) in [5.41, 5.74) is 2.55. The molecule has 1 atom stereocenters. The lowest BCUT2D eigenvalue weighted by Gasteiger charge is -2.11. The van der Waals surface area contributed by atoms with E-state index in [4.69, 9.17) is 0 Å². The van der Waals surface area contributed by atoms with Crippen molar-refractivity contribution in [1.29, 1.82) is 0 Å². The van der Waals surface area contributed by atoms with Crippen LogP contribution in [0.25, 0.3) is 0 Å². The van der Waals surface area contributed by atoms with Crippen LogP contribution in [0.4, 0.5) is 0 Å². The first-order chi connectivity index (χ1) is 7.31. The van der Waals surface area contributed by atoms with Crippen molar-refractivity contribution >= 4 is 21.8 Å². The molecular formula is C12H10BrNO. The average Bonchev–Trinajstić information content (AvgIpc) is 2.62. The number of carbonyl (C=O) groups excluding carboxylic acids is 1. The topological polar surface area (TPSA) is 29.1 Å². The Balaban J connectivity index is 2.13. The summed E-state index contributed by atoms with van der Waals surface area (Å²) >= 11 is 2.91. The van der Waals surface area contributed by atoms with Crippen LogP contribution in [-0.2, 0) is 11.2 Å². The van der Waals surface area contributed by atoms with E-state index in [1.807, 2.05) is 12.1 Å². The fourth-order valence-electron chi connectivity index (χ4n) is 1.94. The molecule has 1 aromatic carbocycles. The fraction of sp³-hybridized carbons (Fsp3) is 0.250. The third-order valence-electron chi connectivity index (χ3n) is 2.60. The molecule has 0 spiro atoms. The standard InChI is InChI=1S/C12H10BrNO/c13-8-7-12(15)14-11-6-5-9-3-1-2-4-10(9)11/h1-4,11H,5-6H2,(H,14,15). The first-order valence-corrected chi connectivity index (χ1v) is 5.60. The van der Waals surface area contributed by atoms with Crippen molar-refractivity contribution in [2.75, 3.05) is 0 Å². The van der Waals surface area contributed by atoms with E-state index in [2.05, 4.69) is 44.1 Å². The van der Waals surface area contributed by atoms with Crippen LogP contribution < -0.4 is 5.32 Å². The lowest BCUT2D eigenvalue weighted by atomic mass is 10.1. The van der Waals surface area contributed by atoms with Gasteiger partial charge in [-0.05, 0) is 28.8 Å². The highest BCUT2D eigenvalue weighted by molar-refractivity contribution is 9.12. The van der Waals surface area contributed by atoms with Gasteiger partial charge in [0.05, 0.1) is 6.04 Å².